The molecule has 24 heavy (non-hydrogen) atoms. The van der Waals surface area contributed by atoms with Gasteiger partial charge in [-0.3, -0.25) is 10.1 Å². The Morgan fingerprint density at radius 1 is 1.21 bits per heavy atom. The highest BCUT2D eigenvalue weighted by Gasteiger charge is 2.22. The lowest BCUT2D eigenvalue weighted by Crippen LogP contribution is -2.06. The van der Waals surface area contributed by atoms with E-state index in [-0.39, 0.29) is 12.3 Å². The number of ether oxygens (including phenoxy) is 1. The van der Waals surface area contributed by atoms with Crippen LogP contribution in [0.15, 0.2) is 48.5 Å². The van der Waals surface area contributed by atoms with Crippen molar-refractivity contribution in [2.24, 2.45) is 0 Å². The fourth-order valence-corrected chi connectivity index (χ4v) is 3.50. The summed E-state index contributed by atoms with van der Waals surface area (Å²) in [4.78, 5) is 23.1. The first kappa shape index (κ1) is 15.9. The number of esters is 1. The molecule has 0 aliphatic carbocycles. The summed E-state index contributed by atoms with van der Waals surface area (Å²) in [6.07, 6.45) is 0. The van der Waals surface area contributed by atoms with Gasteiger partial charge in [0, 0.05) is 16.2 Å². The van der Waals surface area contributed by atoms with E-state index in [2.05, 4.69) is 5.32 Å². The minimum absolute atomic E-state index is 0.0511. The zero-order chi connectivity index (χ0) is 17.1. The number of anilines is 2. The molecule has 0 unspecified atom stereocenters. The van der Waals surface area contributed by atoms with Gasteiger partial charge in [-0.05, 0) is 19.1 Å². The van der Waals surface area contributed by atoms with E-state index >= 15 is 0 Å². The second-order valence-corrected chi connectivity index (χ2v) is 5.97. The third-order valence-corrected chi connectivity index (χ3v) is 4.51. The van der Waals surface area contributed by atoms with Crippen molar-refractivity contribution in [2.75, 3.05) is 11.9 Å². The van der Waals surface area contributed by atoms with Crippen LogP contribution in [-0.2, 0) is 4.74 Å². The molecule has 0 aliphatic heterocycles. The molecule has 3 aromatic rings. The van der Waals surface area contributed by atoms with E-state index in [0.29, 0.717) is 16.3 Å². The Morgan fingerprint density at radius 3 is 2.67 bits per heavy atom. The minimum atomic E-state index is -0.459. The molecule has 0 atom stereocenters. The van der Waals surface area contributed by atoms with E-state index in [1.807, 2.05) is 24.3 Å². The van der Waals surface area contributed by atoms with Crippen molar-refractivity contribution in [3.8, 4) is 0 Å². The van der Waals surface area contributed by atoms with Crippen LogP contribution >= 0.6 is 11.3 Å². The first-order chi connectivity index (χ1) is 11.6. The lowest BCUT2D eigenvalue weighted by atomic mass is 10.1. The molecule has 0 radical (unpaired) electrons. The SMILES string of the molecule is CCOC(=O)c1c(Nc2ccccc2[N+](=O)[O-])sc2ccccc12. The van der Waals surface area contributed by atoms with Crippen LogP contribution in [0, 0.1) is 10.1 Å². The number of nitrogens with one attached hydrogen (secondary N) is 1. The number of thiophene rings is 1. The molecule has 1 heterocycles. The lowest BCUT2D eigenvalue weighted by Gasteiger charge is -2.08. The van der Waals surface area contributed by atoms with E-state index in [9.17, 15) is 14.9 Å². The molecule has 0 bridgehead atoms. The summed E-state index contributed by atoms with van der Waals surface area (Å²) < 4.78 is 6.05. The Labute approximate surface area is 141 Å². The van der Waals surface area contributed by atoms with Gasteiger partial charge < -0.3 is 10.1 Å². The first-order valence-corrected chi connectivity index (χ1v) is 8.12. The number of nitro groups is 1. The second kappa shape index (κ2) is 6.67. The van der Waals surface area contributed by atoms with Gasteiger partial charge in [0.2, 0.25) is 0 Å². The Hall–Kier alpha value is -2.93. The number of nitrogens with zero attached hydrogens (tertiary/aromatic N) is 1. The largest absolute Gasteiger partial charge is 0.462 e. The predicted octanol–water partition coefficient (Wildman–Crippen LogP) is 4.73. The van der Waals surface area contributed by atoms with Crippen LogP contribution in [-0.4, -0.2) is 17.5 Å². The van der Waals surface area contributed by atoms with Gasteiger partial charge in [0.25, 0.3) is 5.69 Å². The summed E-state index contributed by atoms with van der Waals surface area (Å²) in [7, 11) is 0. The quantitative estimate of drug-likeness (QED) is 0.412. The van der Waals surface area contributed by atoms with Gasteiger partial charge in [-0.2, -0.15) is 0 Å². The zero-order valence-electron chi connectivity index (χ0n) is 12.8. The number of carbonyl (C=O) groups is 1. The van der Waals surface area contributed by atoms with Crippen molar-refractivity contribution in [3.05, 3.63) is 64.2 Å². The molecule has 0 saturated heterocycles. The predicted molar refractivity (Wildman–Crippen MR) is 94.2 cm³/mol. The highest BCUT2D eigenvalue weighted by Crippen LogP contribution is 2.39. The summed E-state index contributed by atoms with van der Waals surface area (Å²) in [5, 5.41) is 15.5. The number of nitro benzene ring substituents is 1. The van der Waals surface area contributed by atoms with Crippen molar-refractivity contribution in [1.29, 1.82) is 0 Å². The molecule has 0 saturated carbocycles. The number of carbonyl (C=O) groups excluding carboxylic acids is 1. The molecule has 6 nitrogen and oxygen atoms in total. The van der Waals surface area contributed by atoms with Crippen molar-refractivity contribution in [1.82, 2.24) is 0 Å². The maximum atomic E-state index is 12.4. The molecular formula is C17H14N2O4S. The average Bonchev–Trinajstić information content (AvgIpc) is 2.93. The van der Waals surface area contributed by atoms with Gasteiger partial charge in [0.1, 0.15) is 16.3 Å². The van der Waals surface area contributed by atoms with Gasteiger partial charge in [-0.25, -0.2) is 4.79 Å². The molecule has 1 aromatic heterocycles. The normalized spacial score (nSPS) is 10.5. The monoisotopic (exact) mass is 342 g/mol. The number of benzene rings is 2. The molecular weight excluding hydrogens is 328 g/mol. The van der Waals surface area contributed by atoms with Crippen LogP contribution in [0.2, 0.25) is 0 Å². The maximum absolute atomic E-state index is 12.4. The van der Waals surface area contributed by atoms with Crippen LogP contribution < -0.4 is 5.32 Å². The molecule has 122 valence electrons. The Kier molecular flexibility index (Phi) is 4.43. The Bertz CT molecular complexity index is 920. The van der Waals surface area contributed by atoms with Gasteiger partial charge >= 0.3 is 5.97 Å². The third-order valence-electron chi connectivity index (χ3n) is 3.42. The first-order valence-electron chi connectivity index (χ1n) is 7.31. The number of rotatable bonds is 5. The minimum Gasteiger partial charge on any atom is -0.462 e. The molecule has 0 amide bonds. The fourth-order valence-electron chi connectivity index (χ4n) is 2.40. The molecule has 2 aromatic carbocycles. The van der Waals surface area contributed by atoms with Crippen molar-refractivity contribution < 1.29 is 14.5 Å². The number of fused-ring (bicyclic) bond motifs is 1. The van der Waals surface area contributed by atoms with Crippen molar-refractivity contribution in [2.45, 2.75) is 6.92 Å². The summed E-state index contributed by atoms with van der Waals surface area (Å²) in [5.41, 5.74) is 0.681. The number of para-hydroxylation sites is 2. The summed E-state index contributed by atoms with van der Waals surface area (Å²) in [6, 6.07) is 13.8. The highest BCUT2D eigenvalue weighted by atomic mass is 32.1. The van der Waals surface area contributed by atoms with E-state index in [4.69, 9.17) is 4.74 Å². The molecule has 3 rings (SSSR count). The standard InChI is InChI=1S/C17H14N2O4S/c1-2-23-17(20)15-11-7-3-6-10-14(11)24-16(15)18-12-8-4-5-9-13(12)19(21)22/h3-10,18H,2H2,1H3. The Morgan fingerprint density at radius 2 is 1.92 bits per heavy atom. The van der Waals surface area contributed by atoms with E-state index < -0.39 is 10.9 Å². The maximum Gasteiger partial charge on any atom is 0.341 e. The van der Waals surface area contributed by atoms with E-state index in [0.717, 1.165) is 10.1 Å². The summed E-state index contributed by atoms with van der Waals surface area (Å²) in [6.45, 7) is 2.00. The Balaban J connectivity index is 2.11. The van der Waals surface area contributed by atoms with Gasteiger partial charge in [-0.15, -0.1) is 11.3 Å². The lowest BCUT2D eigenvalue weighted by molar-refractivity contribution is -0.383. The smallest absolute Gasteiger partial charge is 0.341 e. The van der Waals surface area contributed by atoms with Crippen molar-refractivity contribution >= 4 is 43.8 Å². The molecule has 0 spiro atoms. The van der Waals surface area contributed by atoms with Gasteiger partial charge in [-0.1, -0.05) is 30.3 Å². The molecule has 1 N–H and O–H groups in total. The molecule has 0 aliphatic rings. The van der Waals surface area contributed by atoms with Crippen LogP contribution in [0.3, 0.4) is 0 Å². The highest BCUT2D eigenvalue weighted by molar-refractivity contribution is 7.23. The molecule has 7 heteroatoms. The van der Waals surface area contributed by atoms with Crippen LogP contribution in [0.5, 0.6) is 0 Å². The summed E-state index contributed by atoms with van der Waals surface area (Å²) >= 11 is 1.36. The topological polar surface area (TPSA) is 81.5 Å². The number of hydrogen-bond acceptors (Lipinski definition) is 6. The van der Waals surface area contributed by atoms with E-state index in [1.165, 1.54) is 17.4 Å². The fraction of sp³-hybridized carbons (Fsp3) is 0.118. The van der Waals surface area contributed by atoms with Gasteiger partial charge in [0.05, 0.1) is 11.5 Å². The molecule has 0 fully saturated rings. The van der Waals surface area contributed by atoms with E-state index in [1.54, 1.807) is 25.1 Å². The van der Waals surface area contributed by atoms with Crippen LogP contribution in [0.4, 0.5) is 16.4 Å². The number of hydrogen-bond donors (Lipinski definition) is 1. The van der Waals surface area contributed by atoms with Crippen LogP contribution in [0.1, 0.15) is 17.3 Å². The zero-order valence-corrected chi connectivity index (χ0v) is 13.6. The third kappa shape index (κ3) is 2.93. The second-order valence-electron chi connectivity index (χ2n) is 4.92. The van der Waals surface area contributed by atoms with Gasteiger partial charge in [0.15, 0.2) is 0 Å². The summed E-state index contributed by atoms with van der Waals surface area (Å²) in [5.74, 6) is -0.448. The van der Waals surface area contributed by atoms with Crippen molar-refractivity contribution in [3.63, 3.8) is 0 Å². The average molecular weight is 342 g/mol. The van der Waals surface area contributed by atoms with Crippen LogP contribution in [0.25, 0.3) is 10.1 Å².